The van der Waals surface area contributed by atoms with Crippen LogP contribution in [0.4, 0.5) is 11.6 Å². The van der Waals surface area contributed by atoms with Crippen molar-refractivity contribution in [2.75, 3.05) is 19.0 Å². The first kappa shape index (κ1) is 19.3. The fourth-order valence-electron chi connectivity index (χ4n) is 2.97. The molecule has 0 radical (unpaired) electrons. The predicted octanol–water partition coefficient (Wildman–Crippen LogP) is 4.25. The first-order chi connectivity index (χ1) is 14.5. The number of pyridine rings is 1. The van der Waals surface area contributed by atoms with Crippen molar-refractivity contribution >= 4 is 28.4 Å². The number of nitrogens with zero attached hydrogens (tertiary/aromatic N) is 4. The van der Waals surface area contributed by atoms with Gasteiger partial charge in [0.05, 0.1) is 5.52 Å². The molecule has 150 valence electrons. The summed E-state index contributed by atoms with van der Waals surface area (Å²) < 4.78 is 5.89. The van der Waals surface area contributed by atoms with Crippen LogP contribution >= 0.6 is 0 Å². The highest BCUT2D eigenvalue weighted by Crippen LogP contribution is 2.27. The van der Waals surface area contributed by atoms with Gasteiger partial charge >= 0.3 is 0 Å². The molecule has 0 bridgehead atoms. The molecule has 0 atom stereocenters. The van der Waals surface area contributed by atoms with E-state index in [-0.39, 0.29) is 5.91 Å². The van der Waals surface area contributed by atoms with Crippen LogP contribution in [0.15, 0.2) is 67.0 Å². The summed E-state index contributed by atoms with van der Waals surface area (Å²) in [6.07, 6.45) is 3.31. The fraction of sp³-hybridized carbons (Fsp3) is 0.130. The van der Waals surface area contributed by atoms with Gasteiger partial charge in [0, 0.05) is 43.6 Å². The molecule has 0 saturated carbocycles. The van der Waals surface area contributed by atoms with E-state index in [0.717, 1.165) is 16.6 Å². The van der Waals surface area contributed by atoms with Crippen molar-refractivity contribution in [2.24, 2.45) is 0 Å². The lowest BCUT2D eigenvalue weighted by Gasteiger charge is -2.17. The van der Waals surface area contributed by atoms with Gasteiger partial charge in [0.25, 0.3) is 5.91 Å². The minimum Gasteiger partial charge on any atom is -0.457 e. The van der Waals surface area contributed by atoms with Gasteiger partial charge in [0.2, 0.25) is 5.95 Å². The number of nitrogens with one attached hydrogen (secondary N) is 1. The molecule has 0 aliphatic rings. The monoisotopic (exact) mass is 399 g/mol. The summed E-state index contributed by atoms with van der Waals surface area (Å²) in [4.78, 5) is 26.9. The van der Waals surface area contributed by atoms with E-state index in [1.165, 1.54) is 11.8 Å². The first-order valence-corrected chi connectivity index (χ1v) is 9.47. The van der Waals surface area contributed by atoms with E-state index in [0.29, 0.717) is 23.1 Å². The summed E-state index contributed by atoms with van der Waals surface area (Å²) >= 11 is 0. The highest BCUT2D eigenvalue weighted by molar-refractivity contribution is 5.92. The Morgan fingerprint density at radius 2 is 1.77 bits per heavy atom. The third-order valence-corrected chi connectivity index (χ3v) is 4.69. The highest BCUT2D eigenvalue weighted by Gasteiger charge is 2.10. The molecule has 0 saturated heterocycles. The molecule has 0 aliphatic carbocycles. The van der Waals surface area contributed by atoms with E-state index in [1.807, 2.05) is 42.3 Å². The van der Waals surface area contributed by atoms with Gasteiger partial charge in [-0.05, 0) is 43.3 Å². The van der Waals surface area contributed by atoms with Crippen molar-refractivity contribution in [2.45, 2.75) is 6.92 Å². The van der Waals surface area contributed by atoms with Gasteiger partial charge in [-0.3, -0.25) is 9.78 Å². The summed E-state index contributed by atoms with van der Waals surface area (Å²) in [7, 11) is 3.50. The van der Waals surface area contributed by atoms with Crippen LogP contribution in [0.1, 0.15) is 16.1 Å². The lowest BCUT2D eigenvalue weighted by molar-refractivity contribution is 0.0958. The molecule has 2 aromatic carbocycles. The van der Waals surface area contributed by atoms with Gasteiger partial charge in [-0.1, -0.05) is 17.7 Å². The Hall–Kier alpha value is -4.00. The summed E-state index contributed by atoms with van der Waals surface area (Å²) in [5.74, 6) is 1.50. The molecular formula is C23H21N5O2. The summed E-state index contributed by atoms with van der Waals surface area (Å²) in [5.41, 5.74) is 3.33. The van der Waals surface area contributed by atoms with E-state index < -0.39 is 0 Å². The van der Waals surface area contributed by atoms with Crippen LogP contribution in [0, 0.1) is 6.92 Å². The third-order valence-electron chi connectivity index (χ3n) is 4.69. The highest BCUT2D eigenvalue weighted by atomic mass is 16.5. The molecule has 30 heavy (non-hydrogen) atoms. The number of hydrogen-bond donors (Lipinski definition) is 1. The molecule has 4 aromatic rings. The second-order valence-electron chi connectivity index (χ2n) is 6.84. The second kappa shape index (κ2) is 8.16. The quantitative estimate of drug-likeness (QED) is 0.540. The number of carbonyl (C=O) groups excluding carboxylic acids is 1. The molecule has 1 amide bonds. The Morgan fingerprint density at radius 1 is 1.00 bits per heavy atom. The summed E-state index contributed by atoms with van der Waals surface area (Å²) in [5, 5.41) is 3.40. The van der Waals surface area contributed by atoms with Crippen LogP contribution in [0.2, 0.25) is 0 Å². The summed E-state index contributed by atoms with van der Waals surface area (Å²) in [6.45, 7) is 2.06. The zero-order valence-electron chi connectivity index (χ0n) is 17.0. The van der Waals surface area contributed by atoms with E-state index >= 15 is 0 Å². The Labute approximate surface area is 174 Å². The van der Waals surface area contributed by atoms with Gasteiger partial charge in [-0.15, -0.1) is 0 Å². The van der Waals surface area contributed by atoms with Crippen molar-refractivity contribution in [3.8, 4) is 11.5 Å². The van der Waals surface area contributed by atoms with Gasteiger partial charge in [-0.25, -0.2) is 9.97 Å². The standard InChI is InChI=1S/C23H21N5O2/c1-15-4-6-17(7-5-15)28(3)23-26-14-16-12-18(8-9-20(16)27-23)30-19-10-11-25-21(13-19)22(29)24-2/h4-14H,1-3H3,(H,24,29). The molecule has 7 heteroatoms. The van der Waals surface area contributed by atoms with Crippen LogP contribution < -0.4 is 15.0 Å². The molecule has 1 N–H and O–H groups in total. The minimum atomic E-state index is -0.266. The maximum Gasteiger partial charge on any atom is 0.269 e. The van der Waals surface area contributed by atoms with Gasteiger partial charge in [0.1, 0.15) is 17.2 Å². The molecule has 7 nitrogen and oxygen atoms in total. The van der Waals surface area contributed by atoms with Gasteiger partial charge in [-0.2, -0.15) is 0 Å². The zero-order valence-corrected chi connectivity index (χ0v) is 17.0. The predicted molar refractivity (Wildman–Crippen MR) is 116 cm³/mol. The number of fused-ring (bicyclic) bond motifs is 1. The lowest BCUT2D eigenvalue weighted by atomic mass is 10.2. The largest absolute Gasteiger partial charge is 0.457 e. The van der Waals surface area contributed by atoms with Gasteiger partial charge in [0.15, 0.2) is 0 Å². The lowest BCUT2D eigenvalue weighted by Crippen LogP contribution is -2.18. The Kier molecular flexibility index (Phi) is 5.26. The third kappa shape index (κ3) is 4.05. The smallest absolute Gasteiger partial charge is 0.269 e. The van der Waals surface area contributed by atoms with Crippen LogP contribution in [0.5, 0.6) is 11.5 Å². The second-order valence-corrected chi connectivity index (χ2v) is 6.84. The van der Waals surface area contributed by atoms with Crippen molar-refractivity contribution in [1.29, 1.82) is 0 Å². The molecular weight excluding hydrogens is 378 g/mol. The average molecular weight is 399 g/mol. The van der Waals surface area contributed by atoms with Crippen LogP contribution in [-0.2, 0) is 0 Å². The van der Waals surface area contributed by atoms with Crippen molar-refractivity contribution < 1.29 is 9.53 Å². The van der Waals surface area contributed by atoms with Crippen LogP contribution in [0.25, 0.3) is 10.9 Å². The Balaban J connectivity index is 1.57. The number of anilines is 2. The zero-order chi connectivity index (χ0) is 21.1. The Morgan fingerprint density at radius 3 is 2.53 bits per heavy atom. The average Bonchev–Trinajstić information content (AvgIpc) is 2.78. The Bertz CT molecular complexity index is 1210. The normalized spacial score (nSPS) is 10.6. The molecule has 4 rings (SSSR count). The number of aryl methyl sites for hydroxylation is 1. The van der Waals surface area contributed by atoms with E-state index in [2.05, 4.69) is 39.3 Å². The number of hydrogen-bond acceptors (Lipinski definition) is 6. The molecule has 2 aromatic heterocycles. The number of ether oxygens (including phenoxy) is 1. The number of carbonyl (C=O) groups is 1. The molecule has 0 fully saturated rings. The van der Waals surface area contributed by atoms with E-state index in [9.17, 15) is 4.79 Å². The topological polar surface area (TPSA) is 80.2 Å². The number of amides is 1. The first-order valence-electron chi connectivity index (χ1n) is 9.47. The number of aromatic nitrogens is 3. The maximum atomic E-state index is 11.7. The SMILES string of the molecule is CNC(=O)c1cc(Oc2ccc3nc(N(C)c4ccc(C)cc4)ncc3c2)ccn1. The van der Waals surface area contributed by atoms with Crippen molar-refractivity contribution in [1.82, 2.24) is 20.3 Å². The van der Waals surface area contributed by atoms with Gasteiger partial charge < -0.3 is 15.0 Å². The number of benzene rings is 2. The molecule has 2 heterocycles. The van der Waals surface area contributed by atoms with Crippen molar-refractivity contribution in [3.05, 3.63) is 78.2 Å². The minimum absolute atomic E-state index is 0.266. The van der Waals surface area contributed by atoms with Crippen LogP contribution in [0.3, 0.4) is 0 Å². The fourth-order valence-corrected chi connectivity index (χ4v) is 2.97. The molecule has 0 aliphatic heterocycles. The van der Waals surface area contributed by atoms with Crippen LogP contribution in [-0.4, -0.2) is 35.0 Å². The van der Waals surface area contributed by atoms with E-state index in [1.54, 1.807) is 25.4 Å². The summed E-state index contributed by atoms with van der Waals surface area (Å²) in [6, 6.07) is 17.1. The maximum absolute atomic E-state index is 11.7. The van der Waals surface area contributed by atoms with E-state index in [4.69, 9.17) is 4.74 Å². The molecule has 0 unspecified atom stereocenters. The number of rotatable bonds is 5. The van der Waals surface area contributed by atoms with Crippen molar-refractivity contribution in [3.63, 3.8) is 0 Å². The molecule has 0 spiro atoms.